The van der Waals surface area contributed by atoms with Gasteiger partial charge in [0.05, 0.1) is 0 Å². The van der Waals surface area contributed by atoms with E-state index in [1.165, 1.54) is 16.9 Å². The minimum absolute atomic E-state index is 0.00966. The van der Waals surface area contributed by atoms with E-state index >= 15 is 0 Å². The average Bonchev–Trinajstić information content (AvgIpc) is 3.13. The van der Waals surface area contributed by atoms with Gasteiger partial charge in [-0.2, -0.15) is 4.31 Å². The van der Waals surface area contributed by atoms with Gasteiger partial charge in [0.25, 0.3) is 0 Å². The SMILES string of the molecule is Nc1c(S(=O)(=O)N2CCC(Oc3ccccc3)CC2)c2nccnc2n1C1CCCCC1. The zero-order valence-corrected chi connectivity index (χ0v) is 18.9. The van der Waals surface area contributed by atoms with Crippen LogP contribution in [0.4, 0.5) is 5.82 Å². The molecule has 9 heteroatoms. The van der Waals surface area contributed by atoms with Gasteiger partial charge in [-0.25, -0.2) is 18.4 Å². The predicted octanol–water partition coefficient (Wildman–Crippen LogP) is 3.75. The highest BCUT2D eigenvalue weighted by Gasteiger charge is 2.37. The molecule has 3 heterocycles. The van der Waals surface area contributed by atoms with Crippen molar-refractivity contribution in [1.29, 1.82) is 0 Å². The van der Waals surface area contributed by atoms with Crippen molar-refractivity contribution in [2.75, 3.05) is 18.8 Å². The second-order valence-electron chi connectivity index (χ2n) is 8.64. The predicted molar refractivity (Wildman–Crippen MR) is 123 cm³/mol. The highest BCUT2D eigenvalue weighted by molar-refractivity contribution is 7.89. The summed E-state index contributed by atoms with van der Waals surface area (Å²) in [6.45, 7) is 0.769. The minimum Gasteiger partial charge on any atom is -0.490 e. The number of hydrogen-bond donors (Lipinski definition) is 1. The zero-order valence-electron chi connectivity index (χ0n) is 18.1. The molecule has 1 aromatic carbocycles. The van der Waals surface area contributed by atoms with Crippen LogP contribution in [0.3, 0.4) is 0 Å². The highest BCUT2D eigenvalue weighted by atomic mass is 32.2. The Morgan fingerprint density at radius 1 is 0.938 bits per heavy atom. The molecule has 5 rings (SSSR count). The van der Waals surface area contributed by atoms with Crippen LogP contribution in [0.5, 0.6) is 5.75 Å². The number of benzene rings is 1. The Morgan fingerprint density at radius 2 is 1.62 bits per heavy atom. The summed E-state index contributed by atoms with van der Waals surface area (Å²) in [4.78, 5) is 8.97. The van der Waals surface area contributed by atoms with E-state index in [1.807, 2.05) is 34.9 Å². The molecule has 2 aliphatic rings. The molecule has 2 fully saturated rings. The monoisotopic (exact) mass is 455 g/mol. The van der Waals surface area contributed by atoms with E-state index < -0.39 is 10.0 Å². The Labute approximate surface area is 188 Å². The molecule has 2 N–H and O–H groups in total. The second kappa shape index (κ2) is 8.71. The lowest BCUT2D eigenvalue weighted by atomic mass is 9.95. The molecule has 1 aliphatic heterocycles. The normalized spacial score (nSPS) is 19.4. The Hall–Kier alpha value is -2.65. The van der Waals surface area contributed by atoms with Gasteiger partial charge in [0.1, 0.15) is 23.2 Å². The van der Waals surface area contributed by atoms with Crippen molar-refractivity contribution in [3.63, 3.8) is 0 Å². The van der Waals surface area contributed by atoms with Crippen molar-refractivity contribution in [3.8, 4) is 5.75 Å². The summed E-state index contributed by atoms with van der Waals surface area (Å²) >= 11 is 0. The van der Waals surface area contributed by atoms with Gasteiger partial charge in [0.2, 0.25) is 10.0 Å². The van der Waals surface area contributed by atoms with Crippen LogP contribution in [0.25, 0.3) is 11.2 Å². The Morgan fingerprint density at radius 3 is 2.34 bits per heavy atom. The third-order valence-electron chi connectivity index (χ3n) is 6.60. The van der Waals surface area contributed by atoms with E-state index in [4.69, 9.17) is 10.5 Å². The topological polar surface area (TPSA) is 103 Å². The number of nitrogens with two attached hydrogens (primary N) is 1. The third-order valence-corrected chi connectivity index (χ3v) is 8.56. The summed E-state index contributed by atoms with van der Waals surface area (Å²) in [5.41, 5.74) is 7.46. The molecule has 0 amide bonds. The third kappa shape index (κ3) is 3.84. The number of hydrogen-bond acceptors (Lipinski definition) is 6. The van der Waals surface area contributed by atoms with E-state index in [0.29, 0.717) is 37.1 Å². The van der Waals surface area contributed by atoms with E-state index in [0.717, 1.165) is 31.4 Å². The van der Waals surface area contributed by atoms with Crippen LogP contribution < -0.4 is 10.5 Å². The second-order valence-corrected chi connectivity index (χ2v) is 10.5. The standard InChI is InChI=1S/C23H29N5O3S/c24-22-21(20-23(26-14-13-25-20)28(22)17-7-3-1-4-8-17)32(29,30)27-15-11-19(12-16-27)31-18-9-5-2-6-10-18/h2,5-6,9-10,13-14,17,19H,1,3-4,7-8,11-12,15-16,24H2. The molecule has 1 saturated heterocycles. The summed E-state index contributed by atoms with van der Waals surface area (Å²) in [5.74, 6) is 1.07. The molecule has 0 spiro atoms. The largest absolute Gasteiger partial charge is 0.490 e. The van der Waals surface area contributed by atoms with Gasteiger partial charge in [-0.05, 0) is 37.8 Å². The molecule has 1 saturated carbocycles. The van der Waals surface area contributed by atoms with Crippen LogP contribution in [0.2, 0.25) is 0 Å². The summed E-state index contributed by atoms with van der Waals surface area (Å²) < 4.78 is 36.9. The number of nitrogen functional groups attached to an aromatic ring is 1. The lowest BCUT2D eigenvalue weighted by molar-refractivity contribution is 0.135. The Bertz CT molecular complexity index is 1180. The Balaban J connectivity index is 1.42. The van der Waals surface area contributed by atoms with Gasteiger partial charge in [0.15, 0.2) is 10.5 Å². The van der Waals surface area contributed by atoms with Crippen molar-refractivity contribution >= 4 is 27.0 Å². The number of sulfonamides is 1. The fourth-order valence-electron chi connectivity index (χ4n) is 4.99. The van der Waals surface area contributed by atoms with Crippen LogP contribution in [-0.4, -0.2) is 46.5 Å². The molecule has 0 bridgehead atoms. The maximum absolute atomic E-state index is 13.7. The van der Waals surface area contributed by atoms with Gasteiger partial charge in [-0.3, -0.25) is 0 Å². The quantitative estimate of drug-likeness (QED) is 0.628. The summed E-state index contributed by atoms with van der Waals surface area (Å²) in [6.07, 6.45) is 9.76. The molecule has 32 heavy (non-hydrogen) atoms. The summed E-state index contributed by atoms with van der Waals surface area (Å²) in [6, 6.07) is 9.81. The first kappa shape index (κ1) is 21.2. The molecule has 8 nitrogen and oxygen atoms in total. The molecule has 0 atom stereocenters. The van der Waals surface area contributed by atoms with Gasteiger partial charge in [-0.15, -0.1) is 0 Å². The molecule has 2 aromatic heterocycles. The first-order valence-corrected chi connectivity index (χ1v) is 12.8. The fourth-order valence-corrected chi connectivity index (χ4v) is 6.69. The number of aromatic nitrogens is 3. The Kier molecular flexibility index (Phi) is 5.77. The number of ether oxygens (including phenoxy) is 1. The number of anilines is 1. The van der Waals surface area contributed by atoms with Crippen LogP contribution in [0, 0.1) is 0 Å². The summed E-state index contributed by atoms with van der Waals surface area (Å²) in [5, 5.41) is 0. The van der Waals surface area contributed by atoms with Crippen LogP contribution in [0.1, 0.15) is 51.0 Å². The summed E-state index contributed by atoms with van der Waals surface area (Å²) in [7, 11) is -3.80. The smallest absolute Gasteiger partial charge is 0.248 e. The lowest BCUT2D eigenvalue weighted by Crippen LogP contribution is -2.41. The van der Waals surface area contributed by atoms with Gasteiger partial charge >= 0.3 is 0 Å². The average molecular weight is 456 g/mol. The first-order valence-electron chi connectivity index (χ1n) is 11.4. The minimum atomic E-state index is -3.80. The number of nitrogens with zero attached hydrogens (tertiary/aromatic N) is 4. The molecule has 0 radical (unpaired) electrons. The highest BCUT2D eigenvalue weighted by Crippen LogP contribution is 2.39. The number of rotatable bonds is 5. The van der Waals surface area contributed by atoms with E-state index in [1.54, 1.807) is 6.20 Å². The number of piperidine rings is 1. The van der Waals surface area contributed by atoms with Crippen molar-refractivity contribution in [3.05, 3.63) is 42.7 Å². The van der Waals surface area contributed by atoms with Gasteiger partial charge in [0, 0.05) is 31.5 Å². The number of fused-ring (bicyclic) bond motifs is 1. The van der Waals surface area contributed by atoms with E-state index in [2.05, 4.69) is 9.97 Å². The van der Waals surface area contributed by atoms with Gasteiger partial charge in [-0.1, -0.05) is 37.5 Å². The maximum Gasteiger partial charge on any atom is 0.248 e. The molecule has 170 valence electrons. The van der Waals surface area contributed by atoms with Crippen molar-refractivity contribution < 1.29 is 13.2 Å². The molecule has 1 aliphatic carbocycles. The number of para-hydroxylation sites is 1. The van der Waals surface area contributed by atoms with Crippen molar-refractivity contribution in [2.45, 2.75) is 62.0 Å². The van der Waals surface area contributed by atoms with E-state index in [-0.39, 0.29) is 22.9 Å². The fraction of sp³-hybridized carbons (Fsp3) is 0.478. The van der Waals surface area contributed by atoms with Crippen LogP contribution >= 0.6 is 0 Å². The lowest BCUT2D eigenvalue weighted by Gasteiger charge is -2.31. The molecule has 0 unspecified atom stereocenters. The van der Waals surface area contributed by atoms with Crippen molar-refractivity contribution in [1.82, 2.24) is 18.8 Å². The molecular formula is C23H29N5O3S. The molecule has 3 aromatic rings. The van der Waals surface area contributed by atoms with Gasteiger partial charge < -0.3 is 15.0 Å². The first-order chi connectivity index (χ1) is 15.6. The maximum atomic E-state index is 13.7. The van der Waals surface area contributed by atoms with Crippen LogP contribution in [0.15, 0.2) is 47.6 Å². The zero-order chi connectivity index (χ0) is 22.1. The van der Waals surface area contributed by atoms with Crippen LogP contribution in [-0.2, 0) is 10.0 Å². The van der Waals surface area contributed by atoms with E-state index in [9.17, 15) is 8.42 Å². The molecular weight excluding hydrogens is 426 g/mol. The van der Waals surface area contributed by atoms with Crippen molar-refractivity contribution in [2.24, 2.45) is 0 Å².